The smallest absolute Gasteiger partial charge is 0.341 e. The molecule has 0 atom stereocenters. The van der Waals surface area contributed by atoms with Gasteiger partial charge >= 0.3 is 12.0 Å². The lowest BCUT2D eigenvalue weighted by Crippen LogP contribution is -2.20. The van der Waals surface area contributed by atoms with Crippen molar-refractivity contribution in [1.82, 2.24) is 0 Å². The molecule has 0 spiro atoms. The fourth-order valence-electron chi connectivity index (χ4n) is 3.66. The first-order valence-corrected chi connectivity index (χ1v) is 11.3. The minimum absolute atomic E-state index is 0.191. The summed E-state index contributed by atoms with van der Waals surface area (Å²) in [5, 5.41) is 5.48. The summed E-state index contributed by atoms with van der Waals surface area (Å²) >= 11 is 0. The second-order valence-electron chi connectivity index (χ2n) is 7.83. The number of hydrogen-bond donors (Lipinski definition) is 2. The molecule has 36 heavy (non-hydrogen) atoms. The van der Waals surface area contributed by atoms with E-state index in [1.165, 1.54) is 13.2 Å². The third-order valence-corrected chi connectivity index (χ3v) is 5.44. The Morgan fingerprint density at radius 3 is 1.81 bits per heavy atom. The third kappa shape index (κ3) is 6.01. The van der Waals surface area contributed by atoms with Crippen LogP contribution in [0, 0.1) is 0 Å². The van der Waals surface area contributed by atoms with Gasteiger partial charge < -0.3 is 24.8 Å². The Bertz CT molecular complexity index is 1270. The van der Waals surface area contributed by atoms with E-state index in [1.54, 1.807) is 43.5 Å². The van der Waals surface area contributed by atoms with E-state index < -0.39 is 18.1 Å². The molecule has 0 aromatic heterocycles. The van der Waals surface area contributed by atoms with Crippen molar-refractivity contribution in [2.24, 2.45) is 0 Å². The number of urea groups is 1. The summed E-state index contributed by atoms with van der Waals surface area (Å²) in [6.07, 6.45) is -0.451. The van der Waals surface area contributed by atoms with Gasteiger partial charge in [0.1, 0.15) is 23.2 Å². The molecule has 7 nitrogen and oxygen atoms in total. The van der Waals surface area contributed by atoms with Crippen molar-refractivity contribution in [1.29, 1.82) is 0 Å². The molecular formula is C29H26N2O5. The van der Waals surface area contributed by atoms with E-state index in [9.17, 15) is 9.59 Å². The molecule has 4 aromatic carbocycles. The largest absolute Gasteiger partial charge is 0.497 e. The summed E-state index contributed by atoms with van der Waals surface area (Å²) in [7, 11) is 2.87. The van der Waals surface area contributed by atoms with Crippen molar-refractivity contribution >= 4 is 23.4 Å². The molecule has 7 heteroatoms. The number of carbonyl (C=O) groups is 2. The SMILES string of the molecule is COC(=O)c1cc(NC(=O)Nc2ccc(OC)cc2)ccc1OC(c1ccccc1)c1ccccc1. The van der Waals surface area contributed by atoms with Crippen LogP contribution in [0.1, 0.15) is 27.6 Å². The van der Waals surface area contributed by atoms with Crippen LogP contribution in [0.3, 0.4) is 0 Å². The number of methoxy groups -OCH3 is 2. The summed E-state index contributed by atoms with van der Waals surface area (Å²) in [6.45, 7) is 0. The Hall–Kier alpha value is -4.78. The van der Waals surface area contributed by atoms with Gasteiger partial charge in [-0.2, -0.15) is 0 Å². The van der Waals surface area contributed by atoms with E-state index in [1.807, 2.05) is 60.7 Å². The van der Waals surface area contributed by atoms with E-state index >= 15 is 0 Å². The van der Waals surface area contributed by atoms with Gasteiger partial charge in [-0.3, -0.25) is 0 Å². The van der Waals surface area contributed by atoms with E-state index in [0.717, 1.165) is 11.1 Å². The molecule has 2 N–H and O–H groups in total. The number of esters is 1. The first kappa shape index (κ1) is 24.3. The van der Waals surface area contributed by atoms with Crippen LogP contribution in [-0.2, 0) is 4.74 Å². The molecule has 0 saturated heterocycles. The molecule has 4 aromatic rings. The Kier molecular flexibility index (Phi) is 7.83. The number of rotatable bonds is 8. The molecule has 0 aliphatic rings. The fourth-order valence-corrected chi connectivity index (χ4v) is 3.66. The molecule has 0 unspecified atom stereocenters. The number of hydrogen-bond acceptors (Lipinski definition) is 5. The monoisotopic (exact) mass is 482 g/mol. The molecule has 0 saturated carbocycles. The summed E-state index contributed by atoms with van der Waals surface area (Å²) < 4.78 is 16.5. The van der Waals surface area contributed by atoms with Gasteiger partial charge in [-0.25, -0.2) is 9.59 Å². The lowest BCUT2D eigenvalue weighted by atomic mass is 10.0. The van der Waals surface area contributed by atoms with Crippen LogP contribution in [0.25, 0.3) is 0 Å². The highest BCUT2D eigenvalue weighted by molar-refractivity contribution is 6.01. The quantitative estimate of drug-likeness (QED) is 0.288. The van der Waals surface area contributed by atoms with E-state index in [-0.39, 0.29) is 5.56 Å². The zero-order valence-corrected chi connectivity index (χ0v) is 19.9. The van der Waals surface area contributed by atoms with Crippen LogP contribution < -0.4 is 20.1 Å². The highest BCUT2D eigenvalue weighted by Gasteiger charge is 2.21. The van der Waals surface area contributed by atoms with E-state index in [0.29, 0.717) is 22.9 Å². The number of benzene rings is 4. The Labute approximate surface area is 209 Å². The van der Waals surface area contributed by atoms with Crippen molar-refractivity contribution in [2.45, 2.75) is 6.10 Å². The van der Waals surface area contributed by atoms with Crippen molar-refractivity contribution in [3.8, 4) is 11.5 Å². The lowest BCUT2D eigenvalue weighted by Gasteiger charge is -2.22. The van der Waals surface area contributed by atoms with Crippen molar-refractivity contribution in [2.75, 3.05) is 24.9 Å². The fraction of sp³-hybridized carbons (Fsp3) is 0.103. The second-order valence-corrected chi connectivity index (χ2v) is 7.83. The van der Waals surface area contributed by atoms with Crippen LogP contribution in [0.5, 0.6) is 11.5 Å². The summed E-state index contributed by atoms with van der Waals surface area (Å²) in [5.74, 6) is 0.438. The molecule has 0 aliphatic heterocycles. The first-order valence-electron chi connectivity index (χ1n) is 11.3. The highest BCUT2D eigenvalue weighted by Crippen LogP contribution is 2.32. The van der Waals surface area contributed by atoms with Gasteiger partial charge in [0.25, 0.3) is 0 Å². The molecule has 4 rings (SSSR count). The van der Waals surface area contributed by atoms with Gasteiger partial charge in [-0.05, 0) is 53.6 Å². The van der Waals surface area contributed by atoms with Crippen LogP contribution in [0.15, 0.2) is 103 Å². The zero-order chi connectivity index (χ0) is 25.3. The number of ether oxygens (including phenoxy) is 3. The van der Waals surface area contributed by atoms with Gasteiger partial charge in [0.2, 0.25) is 0 Å². The number of nitrogens with one attached hydrogen (secondary N) is 2. The Morgan fingerprint density at radius 1 is 0.694 bits per heavy atom. The van der Waals surface area contributed by atoms with Crippen molar-refractivity contribution in [3.63, 3.8) is 0 Å². The predicted octanol–water partition coefficient (Wildman–Crippen LogP) is 6.29. The molecule has 2 amide bonds. The van der Waals surface area contributed by atoms with Gasteiger partial charge in [0.15, 0.2) is 0 Å². The highest BCUT2D eigenvalue weighted by atomic mass is 16.5. The van der Waals surface area contributed by atoms with Crippen molar-refractivity contribution < 1.29 is 23.8 Å². The Balaban J connectivity index is 1.58. The molecule has 0 heterocycles. The average molecular weight is 483 g/mol. The molecule has 0 fully saturated rings. The maximum absolute atomic E-state index is 12.6. The van der Waals surface area contributed by atoms with Crippen LogP contribution in [0.4, 0.5) is 16.2 Å². The van der Waals surface area contributed by atoms with Crippen LogP contribution in [0.2, 0.25) is 0 Å². The Morgan fingerprint density at radius 2 is 1.25 bits per heavy atom. The van der Waals surface area contributed by atoms with Crippen molar-refractivity contribution in [3.05, 3.63) is 120 Å². The standard InChI is InChI=1S/C29H26N2O5/c1-34-24-16-13-22(14-17-24)30-29(33)31-23-15-18-26(25(19-23)28(32)35-2)36-27(20-9-5-3-6-10-20)21-11-7-4-8-12-21/h3-19,27H,1-2H3,(H2,30,31,33). The summed E-state index contributed by atoms with van der Waals surface area (Å²) in [4.78, 5) is 25.2. The van der Waals surface area contributed by atoms with Gasteiger partial charge in [0.05, 0.1) is 14.2 Å². The summed E-state index contributed by atoms with van der Waals surface area (Å²) in [6, 6.07) is 30.8. The average Bonchev–Trinajstić information content (AvgIpc) is 2.93. The third-order valence-electron chi connectivity index (χ3n) is 5.44. The lowest BCUT2D eigenvalue weighted by molar-refractivity contribution is 0.0594. The van der Waals surface area contributed by atoms with E-state index in [2.05, 4.69) is 10.6 Å². The predicted molar refractivity (Wildman–Crippen MR) is 139 cm³/mol. The zero-order valence-electron chi connectivity index (χ0n) is 19.9. The minimum atomic E-state index is -0.580. The minimum Gasteiger partial charge on any atom is -0.497 e. The molecule has 0 aliphatic carbocycles. The molecule has 182 valence electrons. The second kappa shape index (κ2) is 11.6. The van der Waals surface area contributed by atoms with Gasteiger partial charge in [-0.1, -0.05) is 60.7 Å². The maximum Gasteiger partial charge on any atom is 0.341 e. The summed E-state index contributed by atoms with van der Waals surface area (Å²) in [5.41, 5.74) is 3.05. The van der Waals surface area contributed by atoms with Crippen LogP contribution >= 0.6 is 0 Å². The number of anilines is 2. The number of carbonyl (C=O) groups excluding carboxylic acids is 2. The normalized spacial score (nSPS) is 10.4. The topological polar surface area (TPSA) is 85.9 Å². The molecule has 0 bridgehead atoms. The van der Waals surface area contributed by atoms with E-state index in [4.69, 9.17) is 14.2 Å². The maximum atomic E-state index is 12.6. The number of amides is 2. The molecular weight excluding hydrogens is 456 g/mol. The van der Waals surface area contributed by atoms with Gasteiger partial charge in [0, 0.05) is 11.4 Å². The molecule has 0 radical (unpaired) electrons. The first-order chi connectivity index (χ1) is 17.6. The van der Waals surface area contributed by atoms with Crippen LogP contribution in [-0.4, -0.2) is 26.2 Å². The van der Waals surface area contributed by atoms with Gasteiger partial charge in [-0.15, -0.1) is 0 Å².